The lowest BCUT2D eigenvalue weighted by Crippen LogP contribution is -2.37. The first kappa shape index (κ1) is 17.0. The summed E-state index contributed by atoms with van der Waals surface area (Å²) in [6, 6.07) is 7.34. The van der Waals surface area contributed by atoms with E-state index in [1.807, 2.05) is 18.2 Å². The smallest absolute Gasteiger partial charge is 0.282 e. The average Bonchev–Trinajstić information content (AvgIpc) is 3.38. The van der Waals surface area contributed by atoms with Crippen LogP contribution in [0.2, 0.25) is 0 Å². The standard InChI is InChI=1S/C18H19N3O4S/c1-11-8-15(20-25-11)17(22)21(10-13-4-3-7-24-13)18-19-14-9-12(23-2)5-6-16(14)26-18/h5-6,8-9,13H,3-4,7,10H2,1-2H3. The Labute approximate surface area is 154 Å². The van der Waals surface area contributed by atoms with Gasteiger partial charge in [0.05, 0.1) is 30.0 Å². The third kappa shape index (κ3) is 3.30. The second kappa shape index (κ2) is 7.05. The molecule has 1 aliphatic heterocycles. The molecule has 1 fully saturated rings. The number of rotatable bonds is 5. The van der Waals surface area contributed by atoms with E-state index in [0.29, 0.717) is 17.4 Å². The van der Waals surface area contributed by atoms with Crippen LogP contribution in [0.3, 0.4) is 0 Å². The van der Waals surface area contributed by atoms with E-state index in [0.717, 1.165) is 35.4 Å². The number of carbonyl (C=O) groups is 1. The molecular formula is C18H19N3O4S. The van der Waals surface area contributed by atoms with Gasteiger partial charge in [-0.1, -0.05) is 16.5 Å². The Morgan fingerprint density at radius 2 is 2.31 bits per heavy atom. The summed E-state index contributed by atoms with van der Waals surface area (Å²) < 4.78 is 17.0. The van der Waals surface area contributed by atoms with Gasteiger partial charge in [-0.3, -0.25) is 9.69 Å². The van der Waals surface area contributed by atoms with E-state index < -0.39 is 0 Å². The van der Waals surface area contributed by atoms with Gasteiger partial charge < -0.3 is 14.0 Å². The van der Waals surface area contributed by atoms with Crippen LogP contribution in [-0.4, -0.2) is 42.4 Å². The van der Waals surface area contributed by atoms with Gasteiger partial charge in [-0.2, -0.15) is 0 Å². The predicted octanol–water partition coefficient (Wildman–Crippen LogP) is 3.43. The fourth-order valence-electron chi connectivity index (χ4n) is 2.98. The monoisotopic (exact) mass is 373 g/mol. The van der Waals surface area contributed by atoms with Gasteiger partial charge in [0.1, 0.15) is 11.5 Å². The molecule has 0 saturated carbocycles. The van der Waals surface area contributed by atoms with Crippen LogP contribution in [-0.2, 0) is 4.74 Å². The third-order valence-corrected chi connectivity index (χ3v) is 5.38. The van der Waals surface area contributed by atoms with E-state index >= 15 is 0 Å². The van der Waals surface area contributed by atoms with E-state index in [4.69, 9.17) is 14.0 Å². The van der Waals surface area contributed by atoms with Crippen molar-refractivity contribution in [3.63, 3.8) is 0 Å². The van der Waals surface area contributed by atoms with E-state index in [1.54, 1.807) is 25.0 Å². The van der Waals surface area contributed by atoms with Gasteiger partial charge in [-0.25, -0.2) is 4.98 Å². The largest absolute Gasteiger partial charge is 0.497 e. The number of carbonyl (C=O) groups excluding carboxylic acids is 1. The number of thiazole rings is 1. The molecule has 1 aliphatic rings. The topological polar surface area (TPSA) is 77.7 Å². The second-order valence-corrected chi connectivity index (χ2v) is 7.21. The number of nitrogens with zero attached hydrogens (tertiary/aromatic N) is 3. The minimum Gasteiger partial charge on any atom is -0.497 e. The molecule has 0 N–H and O–H groups in total. The molecule has 2 aromatic heterocycles. The highest BCUT2D eigenvalue weighted by molar-refractivity contribution is 7.22. The van der Waals surface area contributed by atoms with Gasteiger partial charge in [0.15, 0.2) is 10.8 Å². The molecule has 0 radical (unpaired) electrons. The molecule has 3 aromatic rings. The fraction of sp³-hybridized carbons (Fsp3) is 0.389. The minimum atomic E-state index is -0.233. The van der Waals surface area contributed by atoms with Gasteiger partial charge in [0.25, 0.3) is 5.91 Å². The highest BCUT2D eigenvalue weighted by Gasteiger charge is 2.28. The van der Waals surface area contributed by atoms with Gasteiger partial charge in [-0.05, 0) is 31.9 Å². The molecule has 3 heterocycles. The van der Waals surface area contributed by atoms with Crippen LogP contribution < -0.4 is 9.64 Å². The maximum absolute atomic E-state index is 13.0. The number of aromatic nitrogens is 2. The zero-order valence-corrected chi connectivity index (χ0v) is 15.4. The molecule has 0 aliphatic carbocycles. The van der Waals surface area contributed by atoms with E-state index in [9.17, 15) is 4.79 Å². The van der Waals surface area contributed by atoms with Crippen LogP contribution in [0, 0.1) is 6.92 Å². The zero-order chi connectivity index (χ0) is 18.1. The minimum absolute atomic E-state index is 0.00787. The van der Waals surface area contributed by atoms with Gasteiger partial charge in [0.2, 0.25) is 0 Å². The number of benzene rings is 1. The number of methoxy groups -OCH3 is 1. The van der Waals surface area contributed by atoms with Crippen LogP contribution in [0.15, 0.2) is 28.8 Å². The highest BCUT2D eigenvalue weighted by atomic mass is 32.1. The highest BCUT2D eigenvalue weighted by Crippen LogP contribution is 2.32. The fourth-order valence-corrected chi connectivity index (χ4v) is 3.94. The molecule has 4 rings (SSSR count). The molecule has 0 spiro atoms. The molecular weight excluding hydrogens is 354 g/mol. The van der Waals surface area contributed by atoms with Crippen LogP contribution in [0.1, 0.15) is 29.1 Å². The van der Waals surface area contributed by atoms with Crippen LogP contribution in [0.5, 0.6) is 5.75 Å². The first-order valence-corrected chi connectivity index (χ1v) is 9.27. The molecule has 136 valence electrons. The maximum atomic E-state index is 13.0. The Morgan fingerprint density at radius 3 is 3.00 bits per heavy atom. The van der Waals surface area contributed by atoms with Crippen molar-refractivity contribution < 1.29 is 18.8 Å². The molecule has 8 heteroatoms. The van der Waals surface area contributed by atoms with Crippen LogP contribution in [0.25, 0.3) is 10.2 Å². The number of aryl methyl sites for hydroxylation is 1. The lowest BCUT2D eigenvalue weighted by atomic mass is 10.2. The van der Waals surface area contributed by atoms with Crippen molar-refractivity contribution in [2.75, 3.05) is 25.2 Å². The summed E-state index contributed by atoms with van der Waals surface area (Å²) in [5.74, 6) is 1.10. The Bertz CT molecular complexity index is 930. The number of hydrogen-bond acceptors (Lipinski definition) is 7. The van der Waals surface area contributed by atoms with Crippen molar-refractivity contribution in [1.82, 2.24) is 10.1 Å². The predicted molar refractivity (Wildman–Crippen MR) is 98.1 cm³/mol. The second-order valence-electron chi connectivity index (χ2n) is 6.20. The summed E-state index contributed by atoms with van der Waals surface area (Å²) in [6.07, 6.45) is 1.95. The van der Waals surface area contributed by atoms with Crippen molar-refractivity contribution in [1.29, 1.82) is 0 Å². The molecule has 26 heavy (non-hydrogen) atoms. The lowest BCUT2D eigenvalue weighted by molar-refractivity contribution is 0.0910. The Balaban J connectivity index is 1.70. The molecule has 1 atom stereocenters. The molecule has 1 saturated heterocycles. The normalized spacial score (nSPS) is 16.9. The van der Waals surface area contributed by atoms with Gasteiger partial charge in [-0.15, -0.1) is 0 Å². The summed E-state index contributed by atoms with van der Waals surface area (Å²) in [4.78, 5) is 19.3. The molecule has 1 aromatic carbocycles. The SMILES string of the molecule is COc1ccc2sc(N(CC3CCCO3)C(=O)c3cc(C)on3)nc2c1. The van der Waals surface area contributed by atoms with E-state index in [1.165, 1.54) is 11.3 Å². The molecule has 0 bridgehead atoms. The quantitative estimate of drug-likeness (QED) is 0.682. The van der Waals surface area contributed by atoms with E-state index in [2.05, 4.69) is 10.1 Å². The number of anilines is 1. The molecule has 7 nitrogen and oxygen atoms in total. The summed E-state index contributed by atoms with van der Waals surface area (Å²) >= 11 is 1.46. The molecule has 1 amide bonds. The molecule has 1 unspecified atom stereocenters. The Morgan fingerprint density at radius 1 is 1.42 bits per heavy atom. The first-order valence-electron chi connectivity index (χ1n) is 8.45. The maximum Gasteiger partial charge on any atom is 0.282 e. The van der Waals surface area contributed by atoms with Crippen molar-refractivity contribution in [2.24, 2.45) is 0 Å². The number of ether oxygens (including phenoxy) is 2. The Kier molecular flexibility index (Phi) is 4.60. The van der Waals surface area contributed by atoms with E-state index in [-0.39, 0.29) is 17.7 Å². The third-order valence-electron chi connectivity index (χ3n) is 4.32. The average molecular weight is 373 g/mol. The zero-order valence-electron chi connectivity index (χ0n) is 14.6. The van der Waals surface area contributed by atoms with Crippen molar-refractivity contribution in [3.8, 4) is 5.75 Å². The van der Waals surface area contributed by atoms with Gasteiger partial charge in [0, 0.05) is 18.7 Å². The summed E-state index contributed by atoms with van der Waals surface area (Å²) in [5, 5.41) is 4.49. The van der Waals surface area contributed by atoms with Gasteiger partial charge >= 0.3 is 0 Å². The van der Waals surface area contributed by atoms with Crippen molar-refractivity contribution >= 4 is 32.6 Å². The Hall–Kier alpha value is -2.45. The number of fused-ring (bicyclic) bond motifs is 1. The van der Waals surface area contributed by atoms with Crippen LogP contribution in [0.4, 0.5) is 5.13 Å². The summed E-state index contributed by atoms with van der Waals surface area (Å²) in [7, 11) is 1.62. The summed E-state index contributed by atoms with van der Waals surface area (Å²) in [6.45, 7) is 2.94. The summed E-state index contributed by atoms with van der Waals surface area (Å²) in [5.41, 5.74) is 1.07. The van der Waals surface area contributed by atoms with Crippen LogP contribution >= 0.6 is 11.3 Å². The van der Waals surface area contributed by atoms with Crippen molar-refractivity contribution in [2.45, 2.75) is 25.9 Å². The number of hydrogen-bond donors (Lipinski definition) is 0. The number of amides is 1. The lowest BCUT2D eigenvalue weighted by Gasteiger charge is -2.21. The first-order chi connectivity index (χ1) is 12.6. The van der Waals surface area contributed by atoms with Crippen molar-refractivity contribution in [3.05, 3.63) is 35.7 Å².